The van der Waals surface area contributed by atoms with Crippen LogP contribution >= 0.6 is 11.3 Å². The molecule has 1 aromatic heterocycles. The summed E-state index contributed by atoms with van der Waals surface area (Å²) in [6.07, 6.45) is 0. The molecule has 0 aliphatic carbocycles. The van der Waals surface area contributed by atoms with E-state index in [2.05, 4.69) is 26.9 Å². The number of hydrogen-bond donors (Lipinski definition) is 0. The normalized spacial score (nSPS) is 12.9. The largest absolute Gasteiger partial charge is 0.496 e. The Morgan fingerprint density at radius 3 is 2.59 bits per heavy atom. The number of ether oxygens (including phenoxy) is 1. The van der Waals surface area contributed by atoms with Gasteiger partial charge in [-0.1, -0.05) is 35.6 Å². The molecule has 0 N–H and O–H groups in total. The van der Waals surface area contributed by atoms with E-state index in [4.69, 9.17) is 4.74 Å². The minimum absolute atomic E-state index is 0.805. The van der Waals surface area contributed by atoms with Gasteiger partial charge in [-0.25, -0.2) is 0 Å². The molecule has 0 saturated heterocycles. The van der Waals surface area contributed by atoms with Gasteiger partial charge in [0.25, 0.3) is 0 Å². The van der Waals surface area contributed by atoms with Crippen LogP contribution in [-0.2, 0) is 7.05 Å². The minimum atomic E-state index is 0.805. The lowest BCUT2D eigenvalue weighted by atomic mass is 10.1. The molecule has 3 aromatic rings. The fourth-order valence-corrected chi connectivity index (χ4v) is 3.26. The lowest BCUT2D eigenvalue weighted by Crippen LogP contribution is -2.09. The van der Waals surface area contributed by atoms with E-state index in [9.17, 15) is 0 Å². The molecule has 2 aromatic carbocycles. The van der Waals surface area contributed by atoms with Crippen molar-refractivity contribution >= 4 is 27.3 Å². The van der Waals surface area contributed by atoms with Crippen molar-refractivity contribution in [2.45, 2.75) is 6.92 Å². The lowest BCUT2D eigenvalue weighted by molar-refractivity contribution is 0.414. The first-order chi connectivity index (χ1) is 10.7. The van der Waals surface area contributed by atoms with Crippen LogP contribution in [0, 0.1) is 0 Å². The lowest BCUT2D eigenvalue weighted by Gasteiger charge is -2.05. The molecule has 0 spiro atoms. The predicted octanol–water partition coefficient (Wildman–Crippen LogP) is 3.57. The number of aryl methyl sites for hydroxylation is 1. The molecule has 0 aliphatic heterocycles. The van der Waals surface area contributed by atoms with E-state index in [1.165, 1.54) is 4.70 Å². The zero-order valence-corrected chi connectivity index (χ0v) is 13.6. The van der Waals surface area contributed by atoms with Crippen LogP contribution in [0.15, 0.2) is 58.7 Å². The van der Waals surface area contributed by atoms with Crippen LogP contribution in [0.2, 0.25) is 0 Å². The molecule has 0 unspecified atom stereocenters. The number of benzene rings is 2. The third-order valence-electron chi connectivity index (χ3n) is 3.50. The third kappa shape index (κ3) is 2.67. The molecule has 0 bridgehead atoms. The van der Waals surface area contributed by atoms with Gasteiger partial charge in [-0.05, 0) is 31.2 Å². The van der Waals surface area contributed by atoms with Crippen molar-refractivity contribution in [3.05, 3.63) is 58.9 Å². The summed E-state index contributed by atoms with van der Waals surface area (Å²) in [5, 5.41) is 8.79. The molecular formula is C17H17N3OS. The SMILES string of the molecule is COc1ccccc1/C(C)=N/N=c1/sc2ccccc2n1C. The Labute approximate surface area is 133 Å². The van der Waals surface area contributed by atoms with Crippen LogP contribution in [0.3, 0.4) is 0 Å². The minimum Gasteiger partial charge on any atom is -0.496 e. The first kappa shape index (κ1) is 14.5. The van der Waals surface area contributed by atoms with Gasteiger partial charge in [-0.15, -0.1) is 5.10 Å². The molecule has 3 rings (SSSR count). The molecule has 0 atom stereocenters. The fourth-order valence-electron chi connectivity index (χ4n) is 2.29. The Hall–Kier alpha value is -2.40. The highest BCUT2D eigenvalue weighted by Gasteiger charge is 2.05. The van der Waals surface area contributed by atoms with E-state index < -0.39 is 0 Å². The molecular weight excluding hydrogens is 294 g/mol. The van der Waals surface area contributed by atoms with E-state index in [1.807, 2.05) is 50.4 Å². The van der Waals surface area contributed by atoms with E-state index in [0.29, 0.717) is 0 Å². The quantitative estimate of drug-likeness (QED) is 0.538. The first-order valence-electron chi connectivity index (χ1n) is 6.97. The average molecular weight is 311 g/mol. The first-order valence-corrected chi connectivity index (χ1v) is 7.78. The van der Waals surface area contributed by atoms with Crippen molar-refractivity contribution in [1.82, 2.24) is 4.57 Å². The summed E-state index contributed by atoms with van der Waals surface area (Å²) in [5.41, 5.74) is 2.95. The third-order valence-corrected chi connectivity index (χ3v) is 4.60. The average Bonchev–Trinajstić information content (AvgIpc) is 2.89. The number of fused-ring (bicyclic) bond motifs is 1. The number of rotatable bonds is 3. The van der Waals surface area contributed by atoms with Crippen molar-refractivity contribution in [1.29, 1.82) is 0 Å². The second-order valence-electron chi connectivity index (χ2n) is 4.90. The van der Waals surface area contributed by atoms with Crippen molar-refractivity contribution in [2.24, 2.45) is 17.3 Å². The Bertz CT molecular complexity index is 905. The molecule has 0 fully saturated rings. The second kappa shape index (κ2) is 6.15. The summed E-state index contributed by atoms with van der Waals surface area (Å²) < 4.78 is 8.62. The number of hydrogen-bond acceptors (Lipinski definition) is 4. The summed E-state index contributed by atoms with van der Waals surface area (Å²) in [4.78, 5) is 0.871. The van der Waals surface area contributed by atoms with Crippen molar-refractivity contribution in [2.75, 3.05) is 7.11 Å². The molecule has 0 amide bonds. The summed E-state index contributed by atoms with van der Waals surface area (Å²) in [5.74, 6) is 0.805. The van der Waals surface area contributed by atoms with Gasteiger partial charge in [0.1, 0.15) is 5.75 Å². The van der Waals surface area contributed by atoms with E-state index in [-0.39, 0.29) is 0 Å². The summed E-state index contributed by atoms with van der Waals surface area (Å²) in [6, 6.07) is 16.1. The van der Waals surface area contributed by atoms with Gasteiger partial charge in [0.2, 0.25) is 4.80 Å². The summed E-state index contributed by atoms with van der Waals surface area (Å²) in [6.45, 7) is 1.94. The van der Waals surface area contributed by atoms with Crippen LogP contribution in [0.25, 0.3) is 10.2 Å². The van der Waals surface area contributed by atoms with E-state index >= 15 is 0 Å². The van der Waals surface area contributed by atoms with Crippen molar-refractivity contribution < 1.29 is 4.74 Å². The van der Waals surface area contributed by atoms with Crippen LogP contribution in [-0.4, -0.2) is 17.4 Å². The smallest absolute Gasteiger partial charge is 0.211 e. The standard InChI is InChI=1S/C17H17N3OS/c1-12(13-8-4-6-10-15(13)21-3)18-19-17-20(2)14-9-5-7-11-16(14)22-17/h4-11H,1-3H3/b18-12+,19-17+. The Morgan fingerprint density at radius 1 is 1.09 bits per heavy atom. The van der Waals surface area contributed by atoms with Crippen LogP contribution in [0.4, 0.5) is 0 Å². The number of nitrogens with zero attached hydrogens (tertiary/aromatic N) is 3. The molecule has 0 saturated carbocycles. The molecule has 0 radical (unpaired) electrons. The van der Waals surface area contributed by atoms with Gasteiger partial charge in [-0.3, -0.25) is 0 Å². The van der Waals surface area contributed by atoms with Crippen LogP contribution in [0.5, 0.6) is 5.75 Å². The van der Waals surface area contributed by atoms with Crippen molar-refractivity contribution in [3.8, 4) is 5.75 Å². The maximum Gasteiger partial charge on any atom is 0.211 e. The molecule has 4 nitrogen and oxygen atoms in total. The van der Waals surface area contributed by atoms with E-state index in [0.717, 1.165) is 27.3 Å². The fraction of sp³-hybridized carbons (Fsp3) is 0.176. The maximum atomic E-state index is 5.37. The van der Waals surface area contributed by atoms with Gasteiger partial charge in [0.05, 0.1) is 23.0 Å². The highest BCUT2D eigenvalue weighted by molar-refractivity contribution is 7.16. The molecule has 0 aliphatic rings. The molecule has 22 heavy (non-hydrogen) atoms. The summed E-state index contributed by atoms with van der Waals surface area (Å²) >= 11 is 1.63. The molecule has 5 heteroatoms. The molecule has 1 heterocycles. The number of aromatic nitrogens is 1. The number of thiazole rings is 1. The molecule has 112 valence electrons. The second-order valence-corrected chi connectivity index (χ2v) is 5.91. The topological polar surface area (TPSA) is 38.9 Å². The van der Waals surface area contributed by atoms with Gasteiger partial charge in [0, 0.05) is 12.6 Å². The van der Waals surface area contributed by atoms with Gasteiger partial charge >= 0.3 is 0 Å². The van der Waals surface area contributed by atoms with Gasteiger partial charge in [-0.2, -0.15) is 5.10 Å². The van der Waals surface area contributed by atoms with Gasteiger partial charge in [0.15, 0.2) is 0 Å². The van der Waals surface area contributed by atoms with Crippen LogP contribution < -0.4 is 9.54 Å². The highest BCUT2D eigenvalue weighted by Crippen LogP contribution is 2.18. The predicted molar refractivity (Wildman–Crippen MR) is 91.6 cm³/mol. The highest BCUT2D eigenvalue weighted by atomic mass is 32.1. The Balaban J connectivity index is 2.05. The van der Waals surface area contributed by atoms with Crippen LogP contribution in [0.1, 0.15) is 12.5 Å². The van der Waals surface area contributed by atoms with Gasteiger partial charge < -0.3 is 9.30 Å². The van der Waals surface area contributed by atoms with E-state index in [1.54, 1.807) is 18.4 Å². The Morgan fingerprint density at radius 2 is 1.82 bits per heavy atom. The maximum absolute atomic E-state index is 5.37. The zero-order chi connectivity index (χ0) is 15.5. The van der Waals surface area contributed by atoms with Crippen molar-refractivity contribution in [3.63, 3.8) is 0 Å². The summed E-state index contributed by atoms with van der Waals surface area (Å²) in [7, 11) is 3.67. The number of para-hydroxylation sites is 2. The monoisotopic (exact) mass is 311 g/mol. The number of methoxy groups -OCH3 is 1. The Kier molecular flexibility index (Phi) is 4.06. The zero-order valence-electron chi connectivity index (χ0n) is 12.8.